The lowest BCUT2D eigenvalue weighted by Gasteiger charge is -2.49. The Balaban J connectivity index is 1.48. The lowest BCUT2D eigenvalue weighted by molar-refractivity contribution is 0.0217. The molecule has 24 heavy (non-hydrogen) atoms. The minimum Gasteiger partial charge on any atom is -0.345 e. The molecule has 3 aliphatic heterocycles. The maximum atomic E-state index is 13.0. The summed E-state index contributed by atoms with van der Waals surface area (Å²) in [6.45, 7) is 4.48. The number of thiazole rings is 1. The summed E-state index contributed by atoms with van der Waals surface area (Å²) in [5.41, 5.74) is 0.879. The number of carbonyl (C=O) groups excluding carboxylic acids is 1. The maximum absolute atomic E-state index is 13.0. The van der Waals surface area contributed by atoms with Crippen molar-refractivity contribution in [2.24, 2.45) is 5.92 Å². The van der Waals surface area contributed by atoms with Crippen molar-refractivity contribution in [1.29, 1.82) is 0 Å². The lowest BCUT2D eigenvalue weighted by atomic mass is 9.79. The summed E-state index contributed by atoms with van der Waals surface area (Å²) in [5, 5.41) is 3.67. The van der Waals surface area contributed by atoms with Crippen LogP contribution in [0.3, 0.4) is 0 Å². The molecule has 3 saturated heterocycles. The highest BCUT2D eigenvalue weighted by molar-refractivity contribution is 7.16. The molecule has 1 aromatic carbocycles. The molecule has 2 bridgehead atoms. The first-order valence-corrected chi connectivity index (χ1v) is 9.20. The second-order valence-corrected chi connectivity index (χ2v) is 7.68. The van der Waals surface area contributed by atoms with Gasteiger partial charge in [-0.1, -0.05) is 12.1 Å². The van der Waals surface area contributed by atoms with Gasteiger partial charge in [-0.2, -0.15) is 0 Å². The van der Waals surface area contributed by atoms with Crippen molar-refractivity contribution in [2.75, 3.05) is 13.1 Å². The Kier molecular flexibility index (Phi) is 4.10. The Labute approximate surface area is 144 Å². The van der Waals surface area contributed by atoms with Crippen LogP contribution in [0.15, 0.2) is 30.5 Å². The summed E-state index contributed by atoms with van der Waals surface area (Å²) in [6, 6.07) is 6.85. The highest BCUT2D eigenvalue weighted by Crippen LogP contribution is 2.33. The van der Waals surface area contributed by atoms with Gasteiger partial charge in [-0.15, -0.1) is 11.3 Å². The minimum atomic E-state index is -0.266. The quantitative estimate of drug-likeness (QED) is 0.929. The van der Waals surface area contributed by atoms with E-state index in [1.54, 1.807) is 18.3 Å². The number of rotatable bonds is 3. The summed E-state index contributed by atoms with van der Waals surface area (Å²) < 4.78 is 13.0. The Morgan fingerprint density at radius 1 is 1.29 bits per heavy atom. The van der Waals surface area contributed by atoms with Crippen LogP contribution in [0.4, 0.5) is 4.39 Å². The van der Waals surface area contributed by atoms with Crippen LogP contribution in [0.1, 0.15) is 29.6 Å². The summed E-state index contributed by atoms with van der Waals surface area (Å²) >= 11 is 1.35. The third-order valence-electron chi connectivity index (χ3n) is 5.30. The number of nitrogens with zero attached hydrogens (tertiary/aromatic N) is 2. The fourth-order valence-electron chi connectivity index (χ4n) is 3.89. The van der Waals surface area contributed by atoms with Gasteiger partial charge in [0.1, 0.15) is 5.82 Å². The van der Waals surface area contributed by atoms with Gasteiger partial charge in [0.25, 0.3) is 5.91 Å². The molecule has 6 heteroatoms. The molecule has 3 fully saturated rings. The van der Waals surface area contributed by atoms with E-state index < -0.39 is 0 Å². The number of hydrogen-bond acceptors (Lipinski definition) is 4. The van der Waals surface area contributed by atoms with Crippen molar-refractivity contribution in [3.63, 3.8) is 0 Å². The third kappa shape index (κ3) is 2.84. The summed E-state index contributed by atoms with van der Waals surface area (Å²) in [7, 11) is 0. The zero-order valence-corrected chi connectivity index (χ0v) is 14.4. The number of aromatic nitrogens is 1. The molecule has 2 atom stereocenters. The van der Waals surface area contributed by atoms with Crippen LogP contribution in [0, 0.1) is 11.7 Å². The van der Waals surface area contributed by atoms with Crippen molar-refractivity contribution in [3.8, 4) is 10.4 Å². The van der Waals surface area contributed by atoms with Crippen LogP contribution in [-0.2, 0) is 0 Å². The van der Waals surface area contributed by atoms with Crippen LogP contribution >= 0.6 is 11.3 Å². The Bertz CT molecular complexity index is 735. The number of benzene rings is 1. The second-order valence-electron chi connectivity index (χ2n) is 6.65. The van der Waals surface area contributed by atoms with E-state index in [1.165, 1.54) is 23.5 Å². The number of fused-ring (bicyclic) bond motifs is 3. The van der Waals surface area contributed by atoms with Gasteiger partial charge in [0.2, 0.25) is 0 Å². The Morgan fingerprint density at radius 2 is 2.00 bits per heavy atom. The number of piperidine rings is 3. The fraction of sp³-hybridized carbons (Fsp3) is 0.444. The Hall–Kier alpha value is -1.79. The van der Waals surface area contributed by atoms with E-state index in [0.29, 0.717) is 17.0 Å². The predicted molar refractivity (Wildman–Crippen MR) is 92.5 cm³/mol. The smallest absolute Gasteiger partial charge is 0.280 e. The normalized spacial score (nSPS) is 28.8. The van der Waals surface area contributed by atoms with E-state index in [9.17, 15) is 9.18 Å². The molecule has 1 N–H and O–H groups in total. The van der Waals surface area contributed by atoms with Crippen molar-refractivity contribution in [3.05, 3.63) is 41.3 Å². The summed E-state index contributed by atoms with van der Waals surface area (Å²) in [4.78, 5) is 20.2. The average Bonchev–Trinajstić information content (AvgIpc) is 3.09. The molecule has 0 aliphatic carbocycles. The molecule has 3 aliphatic rings. The molecule has 2 aromatic rings. The van der Waals surface area contributed by atoms with Crippen LogP contribution in [0.5, 0.6) is 0 Å². The molecule has 1 amide bonds. The molecule has 5 rings (SSSR count). The van der Waals surface area contributed by atoms with Gasteiger partial charge in [-0.3, -0.25) is 9.69 Å². The molecular formula is C18H20FN3OS. The fourth-order valence-corrected chi connectivity index (χ4v) is 4.71. The number of halogens is 1. The van der Waals surface area contributed by atoms with Crippen LogP contribution in [-0.4, -0.2) is 41.0 Å². The van der Waals surface area contributed by atoms with E-state index in [2.05, 4.69) is 22.1 Å². The van der Waals surface area contributed by atoms with Crippen LogP contribution < -0.4 is 5.32 Å². The molecule has 4 heterocycles. The van der Waals surface area contributed by atoms with Gasteiger partial charge in [0.15, 0.2) is 5.01 Å². The van der Waals surface area contributed by atoms with Crippen molar-refractivity contribution >= 4 is 17.2 Å². The topological polar surface area (TPSA) is 45.2 Å². The molecule has 1 aromatic heterocycles. The first kappa shape index (κ1) is 15.7. The molecule has 0 unspecified atom stereocenters. The van der Waals surface area contributed by atoms with Gasteiger partial charge in [0.05, 0.1) is 4.88 Å². The van der Waals surface area contributed by atoms with Gasteiger partial charge in [-0.05, 0) is 56.5 Å². The molecule has 0 spiro atoms. The number of nitrogens with one attached hydrogen (secondary N) is 1. The van der Waals surface area contributed by atoms with Crippen LogP contribution in [0.2, 0.25) is 0 Å². The Morgan fingerprint density at radius 3 is 2.67 bits per heavy atom. The van der Waals surface area contributed by atoms with E-state index in [4.69, 9.17) is 0 Å². The van der Waals surface area contributed by atoms with E-state index in [-0.39, 0.29) is 17.8 Å². The molecule has 0 radical (unpaired) electrons. The zero-order chi connectivity index (χ0) is 16.7. The van der Waals surface area contributed by atoms with Gasteiger partial charge < -0.3 is 5.32 Å². The zero-order valence-electron chi connectivity index (χ0n) is 13.5. The molecule has 126 valence electrons. The minimum absolute atomic E-state index is 0.0982. The number of carbonyl (C=O) groups is 1. The van der Waals surface area contributed by atoms with Gasteiger partial charge in [0, 0.05) is 18.3 Å². The summed E-state index contributed by atoms with van der Waals surface area (Å²) in [6.07, 6.45) is 4.01. The highest BCUT2D eigenvalue weighted by Gasteiger charge is 2.40. The SMILES string of the molecule is C[C@H]1[C@H](NC(=O)c2ncc(-c3ccc(F)cc3)s2)C2CCN1CC2. The van der Waals surface area contributed by atoms with Gasteiger partial charge >= 0.3 is 0 Å². The monoisotopic (exact) mass is 345 g/mol. The largest absolute Gasteiger partial charge is 0.345 e. The van der Waals surface area contributed by atoms with Crippen molar-refractivity contribution in [1.82, 2.24) is 15.2 Å². The second kappa shape index (κ2) is 6.26. The van der Waals surface area contributed by atoms with Crippen molar-refractivity contribution in [2.45, 2.75) is 31.8 Å². The average molecular weight is 345 g/mol. The van der Waals surface area contributed by atoms with E-state index >= 15 is 0 Å². The highest BCUT2D eigenvalue weighted by atomic mass is 32.1. The van der Waals surface area contributed by atoms with Gasteiger partial charge in [-0.25, -0.2) is 9.37 Å². The summed E-state index contributed by atoms with van der Waals surface area (Å²) in [5.74, 6) is 0.210. The maximum Gasteiger partial charge on any atom is 0.280 e. The van der Waals surface area contributed by atoms with E-state index in [0.717, 1.165) is 36.4 Å². The molecule has 0 saturated carbocycles. The predicted octanol–water partition coefficient (Wildman–Crippen LogP) is 3.16. The molecular weight excluding hydrogens is 325 g/mol. The van der Waals surface area contributed by atoms with E-state index in [1.807, 2.05) is 0 Å². The molecule has 4 nitrogen and oxygen atoms in total. The third-order valence-corrected chi connectivity index (χ3v) is 6.35. The standard InChI is InChI=1S/C18H20FN3OS/c1-11-16(13-6-8-22(11)9-7-13)21-17(23)18-20-10-15(24-18)12-2-4-14(19)5-3-12/h2-5,10-11,13,16H,6-9H2,1H3,(H,21,23)/t11-,16-/m0/s1. The van der Waals surface area contributed by atoms with Crippen LogP contribution in [0.25, 0.3) is 10.4 Å². The first-order valence-electron chi connectivity index (χ1n) is 8.38. The number of hydrogen-bond donors (Lipinski definition) is 1. The van der Waals surface area contributed by atoms with Crippen molar-refractivity contribution < 1.29 is 9.18 Å². The first-order chi connectivity index (χ1) is 11.6. The number of amides is 1. The lowest BCUT2D eigenvalue weighted by Crippen LogP contribution is -2.62.